The Balaban J connectivity index is 2.06. The fourth-order valence-electron chi connectivity index (χ4n) is 2.02. The first-order valence-corrected chi connectivity index (χ1v) is 5.03. The summed E-state index contributed by atoms with van der Waals surface area (Å²) in [6, 6.07) is 0. The van der Waals surface area contributed by atoms with Crippen LogP contribution in [0.4, 0.5) is 0 Å². The SMILES string of the molecule is CN(C)CCCC1CCCC1O. The van der Waals surface area contributed by atoms with Gasteiger partial charge in [-0.2, -0.15) is 0 Å². The zero-order valence-corrected chi connectivity index (χ0v) is 8.29. The van der Waals surface area contributed by atoms with Crippen molar-refractivity contribution < 1.29 is 5.11 Å². The molecule has 12 heavy (non-hydrogen) atoms. The van der Waals surface area contributed by atoms with E-state index in [2.05, 4.69) is 19.0 Å². The number of nitrogens with zero attached hydrogens (tertiary/aromatic N) is 1. The van der Waals surface area contributed by atoms with E-state index in [9.17, 15) is 5.11 Å². The van der Waals surface area contributed by atoms with E-state index < -0.39 is 0 Å². The third-order valence-electron chi connectivity index (χ3n) is 2.80. The van der Waals surface area contributed by atoms with Gasteiger partial charge in [0.15, 0.2) is 0 Å². The van der Waals surface area contributed by atoms with Crippen molar-refractivity contribution in [3.05, 3.63) is 0 Å². The van der Waals surface area contributed by atoms with Crippen LogP contribution >= 0.6 is 0 Å². The molecule has 1 aliphatic rings. The van der Waals surface area contributed by atoms with E-state index in [-0.39, 0.29) is 6.10 Å². The molecule has 1 saturated carbocycles. The quantitative estimate of drug-likeness (QED) is 0.692. The number of hydrogen-bond acceptors (Lipinski definition) is 2. The van der Waals surface area contributed by atoms with Crippen molar-refractivity contribution in [3.63, 3.8) is 0 Å². The van der Waals surface area contributed by atoms with Crippen LogP contribution in [-0.4, -0.2) is 36.8 Å². The van der Waals surface area contributed by atoms with Crippen LogP contribution < -0.4 is 0 Å². The molecule has 1 fully saturated rings. The molecule has 1 aliphatic carbocycles. The van der Waals surface area contributed by atoms with Gasteiger partial charge in [-0.1, -0.05) is 6.42 Å². The van der Waals surface area contributed by atoms with Gasteiger partial charge in [0, 0.05) is 0 Å². The molecular weight excluding hydrogens is 150 g/mol. The lowest BCUT2D eigenvalue weighted by Crippen LogP contribution is -2.17. The summed E-state index contributed by atoms with van der Waals surface area (Å²) >= 11 is 0. The molecule has 2 unspecified atom stereocenters. The van der Waals surface area contributed by atoms with Gasteiger partial charge in [-0.3, -0.25) is 0 Å². The van der Waals surface area contributed by atoms with Crippen LogP contribution in [0.25, 0.3) is 0 Å². The molecule has 0 heterocycles. The van der Waals surface area contributed by atoms with Gasteiger partial charge in [0.05, 0.1) is 6.10 Å². The Hall–Kier alpha value is -0.0800. The Morgan fingerprint density at radius 3 is 2.58 bits per heavy atom. The molecule has 2 heteroatoms. The van der Waals surface area contributed by atoms with Gasteiger partial charge in [0.2, 0.25) is 0 Å². The average molecular weight is 171 g/mol. The molecule has 2 atom stereocenters. The Morgan fingerprint density at radius 2 is 2.08 bits per heavy atom. The van der Waals surface area contributed by atoms with Crippen LogP contribution in [0.5, 0.6) is 0 Å². The molecule has 1 N–H and O–H groups in total. The normalized spacial score (nSPS) is 30.0. The zero-order valence-electron chi connectivity index (χ0n) is 8.29. The lowest BCUT2D eigenvalue weighted by molar-refractivity contribution is 0.125. The van der Waals surface area contributed by atoms with Crippen molar-refractivity contribution in [2.75, 3.05) is 20.6 Å². The van der Waals surface area contributed by atoms with E-state index in [1.165, 1.54) is 25.7 Å². The summed E-state index contributed by atoms with van der Waals surface area (Å²) in [6.07, 6.45) is 5.95. The van der Waals surface area contributed by atoms with Gasteiger partial charge in [0.1, 0.15) is 0 Å². The van der Waals surface area contributed by atoms with Crippen molar-refractivity contribution >= 4 is 0 Å². The van der Waals surface area contributed by atoms with Gasteiger partial charge < -0.3 is 10.0 Å². The minimum absolute atomic E-state index is 0.00663. The molecule has 0 spiro atoms. The first kappa shape index (κ1) is 10.0. The van der Waals surface area contributed by atoms with Gasteiger partial charge in [0.25, 0.3) is 0 Å². The number of aliphatic hydroxyl groups is 1. The summed E-state index contributed by atoms with van der Waals surface area (Å²) < 4.78 is 0. The third-order valence-corrected chi connectivity index (χ3v) is 2.80. The van der Waals surface area contributed by atoms with E-state index in [0.29, 0.717) is 5.92 Å². The number of rotatable bonds is 4. The van der Waals surface area contributed by atoms with Crippen molar-refractivity contribution in [1.29, 1.82) is 0 Å². The van der Waals surface area contributed by atoms with Gasteiger partial charge >= 0.3 is 0 Å². The van der Waals surface area contributed by atoms with E-state index in [4.69, 9.17) is 0 Å². The predicted octanol–water partition coefficient (Wildman–Crippen LogP) is 1.49. The number of aliphatic hydroxyl groups excluding tert-OH is 1. The summed E-state index contributed by atoms with van der Waals surface area (Å²) in [7, 11) is 4.20. The fourth-order valence-corrected chi connectivity index (χ4v) is 2.02. The highest BCUT2D eigenvalue weighted by atomic mass is 16.3. The minimum atomic E-state index is 0.00663. The standard InChI is InChI=1S/C10H21NO/c1-11(2)8-4-6-9-5-3-7-10(9)12/h9-10,12H,3-8H2,1-2H3. The molecular formula is C10H21NO. The lowest BCUT2D eigenvalue weighted by atomic mass is 10.00. The molecule has 0 bridgehead atoms. The molecule has 0 saturated heterocycles. The van der Waals surface area contributed by atoms with Crippen LogP contribution in [-0.2, 0) is 0 Å². The maximum Gasteiger partial charge on any atom is 0.0568 e. The minimum Gasteiger partial charge on any atom is -0.393 e. The lowest BCUT2D eigenvalue weighted by Gasteiger charge is -2.15. The van der Waals surface area contributed by atoms with Crippen LogP contribution in [0.15, 0.2) is 0 Å². The summed E-state index contributed by atoms with van der Waals surface area (Å²) in [5.41, 5.74) is 0. The van der Waals surface area contributed by atoms with Crippen LogP contribution in [0.2, 0.25) is 0 Å². The van der Waals surface area contributed by atoms with E-state index in [1.807, 2.05) is 0 Å². The fraction of sp³-hybridized carbons (Fsp3) is 1.00. The Labute approximate surface area is 75.6 Å². The molecule has 1 rings (SSSR count). The van der Waals surface area contributed by atoms with Crippen molar-refractivity contribution in [1.82, 2.24) is 4.90 Å². The molecule has 0 radical (unpaired) electrons. The molecule has 0 aromatic heterocycles. The van der Waals surface area contributed by atoms with E-state index in [0.717, 1.165) is 13.0 Å². The smallest absolute Gasteiger partial charge is 0.0568 e. The van der Waals surface area contributed by atoms with Crippen molar-refractivity contribution in [3.8, 4) is 0 Å². The summed E-state index contributed by atoms with van der Waals surface area (Å²) in [4.78, 5) is 2.21. The summed E-state index contributed by atoms with van der Waals surface area (Å²) in [6.45, 7) is 1.16. The Kier molecular flexibility index (Phi) is 4.02. The number of hydrogen-bond donors (Lipinski definition) is 1. The monoisotopic (exact) mass is 171 g/mol. The van der Waals surface area contributed by atoms with E-state index >= 15 is 0 Å². The zero-order chi connectivity index (χ0) is 8.97. The van der Waals surface area contributed by atoms with Crippen LogP contribution in [0.3, 0.4) is 0 Å². The first-order valence-electron chi connectivity index (χ1n) is 5.03. The second-order valence-corrected chi connectivity index (χ2v) is 4.20. The van der Waals surface area contributed by atoms with Gasteiger partial charge in [-0.15, -0.1) is 0 Å². The van der Waals surface area contributed by atoms with Crippen LogP contribution in [0.1, 0.15) is 32.1 Å². The molecule has 0 aromatic carbocycles. The molecule has 0 aromatic rings. The maximum absolute atomic E-state index is 9.54. The van der Waals surface area contributed by atoms with Crippen LogP contribution in [0, 0.1) is 5.92 Å². The second-order valence-electron chi connectivity index (χ2n) is 4.20. The van der Waals surface area contributed by atoms with E-state index in [1.54, 1.807) is 0 Å². The van der Waals surface area contributed by atoms with Crippen molar-refractivity contribution in [2.45, 2.75) is 38.2 Å². The van der Waals surface area contributed by atoms with Gasteiger partial charge in [-0.05, 0) is 52.2 Å². The predicted molar refractivity (Wildman–Crippen MR) is 51.1 cm³/mol. The molecule has 72 valence electrons. The second kappa shape index (κ2) is 4.83. The highest BCUT2D eigenvalue weighted by molar-refractivity contribution is 4.76. The van der Waals surface area contributed by atoms with Crippen molar-refractivity contribution in [2.24, 2.45) is 5.92 Å². The molecule has 0 aliphatic heterocycles. The Bertz CT molecular complexity index is 125. The first-order chi connectivity index (χ1) is 5.70. The third kappa shape index (κ3) is 3.11. The topological polar surface area (TPSA) is 23.5 Å². The summed E-state index contributed by atoms with van der Waals surface area (Å²) in [5, 5.41) is 9.54. The highest BCUT2D eigenvalue weighted by Gasteiger charge is 2.24. The summed E-state index contributed by atoms with van der Waals surface area (Å²) in [5.74, 6) is 0.602. The Morgan fingerprint density at radius 1 is 1.33 bits per heavy atom. The maximum atomic E-state index is 9.54. The largest absolute Gasteiger partial charge is 0.393 e. The molecule has 2 nitrogen and oxygen atoms in total. The van der Waals surface area contributed by atoms with Gasteiger partial charge in [-0.25, -0.2) is 0 Å². The average Bonchev–Trinajstić information content (AvgIpc) is 2.36. The molecule has 0 amide bonds. The highest BCUT2D eigenvalue weighted by Crippen LogP contribution is 2.28.